The summed E-state index contributed by atoms with van der Waals surface area (Å²) in [4.78, 5) is 0. The van der Waals surface area contributed by atoms with Gasteiger partial charge in [0.1, 0.15) is 0 Å². The highest BCUT2D eigenvalue weighted by Gasteiger charge is 2.16. The first-order valence-electron chi connectivity index (χ1n) is 42.5. The summed E-state index contributed by atoms with van der Waals surface area (Å²) < 4.78 is 169. The Morgan fingerprint density at radius 1 is 0.179 bits per heavy atom. The quantitative estimate of drug-likeness (QED) is 0.136. The zero-order valence-corrected chi connectivity index (χ0v) is 84.9. The van der Waals surface area contributed by atoms with E-state index >= 15 is 0 Å². The maximum Gasteiger partial charge on any atom is 0.0645 e. The van der Waals surface area contributed by atoms with E-state index in [1.165, 1.54) is 55.3 Å². The average Bonchev–Trinajstić information content (AvgIpc) is 1.53. The van der Waals surface area contributed by atoms with Crippen LogP contribution in [0.2, 0.25) is 0 Å². The second-order valence-electron chi connectivity index (χ2n) is 25.7. The van der Waals surface area contributed by atoms with Crippen molar-refractivity contribution in [3.8, 4) is 0 Å². The zero-order chi connectivity index (χ0) is 94.7. The molecular weight excluding hydrogens is 2590 g/mol. The van der Waals surface area contributed by atoms with Crippen LogP contribution in [-0.4, -0.2) is 32.0 Å². The van der Waals surface area contributed by atoms with Crippen LogP contribution in [0.25, 0.3) is 153 Å². The fourth-order valence-electron chi connectivity index (χ4n) is 13.9. The minimum Gasteiger partial charge on any atom is -0.344 e. The lowest BCUT2D eigenvalue weighted by molar-refractivity contribution is 1.01. The molecule has 21 aromatic rings. The molecule has 112 heavy (non-hydrogen) atoms. The summed E-state index contributed by atoms with van der Waals surface area (Å²) in [6.07, 6.45) is 0. The molecule has 7 nitrogen and oxygen atoms in total. The van der Waals surface area contributed by atoms with E-state index in [1.807, 2.05) is 123 Å². The van der Waals surface area contributed by atoms with Gasteiger partial charge in [-0.1, -0.05) is 127 Å². The van der Waals surface area contributed by atoms with Crippen LogP contribution in [0.1, 0.15) is 24.7 Å². The third-order valence-electron chi connectivity index (χ3n) is 19.2. The van der Waals surface area contributed by atoms with Gasteiger partial charge in [-0.3, -0.25) is 0 Å². The Bertz CT molecular complexity index is 7610. The van der Waals surface area contributed by atoms with Gasteiger partial charge in [0.15, 0.2) is 0 Å². The number of nitrogens with zero attached hydrogens (tertiary/aromatic N) is 7. The van der Waals surface area contributed by atoms with Gasteiger partial charge >= 0.3 is 0 Å². The van der Waals surface area contributed by atoms with Crippen LogP contribution in [0, 0.1) is 21.4 Å². The van der Waals surface area contributed by atoms with Crippen molar-refractivity contribution in [2.24, 2.45) is 49.3 Å². The number of hydrogen-bond acceptors (Lipinski definition) is 0. The molecule has 14 aromatic carbocycles. The molecular formula is C91H63Br8I6N7. The molecule has 0 N–H and O–H groups in total. The van der Waals surface area contributed by atoms with E-state index in [-0.39, 0.29) is 69.4 Å². The number of aryl methyl sites for hydroxylation is 7. The molecule has 21 rings (SSSR count). The van der Waals surface area contributed by atoms with Crippen molar-refractivity contribution in [3.05, 3.63) is 312 Å². The van der Waals surface area contributed by atoms with E-state index in [2.05, 4.69) is 331 Å². The third kappa shape index (κ3) is 17.0. The molecule has 0 saturated carbocycles. The largest absolute Gasteiger partial charge is 0.344 e. The number of halogens is 14. The van der Waals surface area contributed by atoms with Gasteiger partial charge in [0.05, 0.1) is 24.7 Å². The van der Waals surface area contributed by atoms with Crippen LogP contribution in [0.15, 0.2) is 290 Å². The van der Waals surface area contributed by atoms with Crippen molar-refractivity contribution in [1.82, 2.24) is 32.0 Å². The summed E-state index contributed by atoms with van der Waals surface area (Å²) in [7, 11) is 13.5. The van der Waals surface area contributed by atoms with Gasteiger partial charge in [0.25, 0.3) is 0 Å². The van der Waals surface area contributed by atoms with Gasteiger partial charge in [-0.2, -0.15) is 0 Å². The minimum absolute atomic E-state index is 0.0131. The number of rotatable bonds is 0. The van der Waals surface area contributed by atoms with Gasteiger partial charge in [0, 0.05) is 259 Å². The number of benzene rings is 14. The molecule has 0 unspecified atom stereocenters. The van der Waals surface area contributed by atoms with Crippen molar-refractivity contribution in [2.75, 3.05) is 0 Å². The highest BCUT2D eigenvalue weighted by Crippen LogP contribution is 2.39. The maximum atomic E-state index is 8.27. The normalized spacial score (nSPS) is 13.7. The molecule has 0 bridgehead atoms. The summed E-state index contributed by atoms with van der Waals surface area (Å²) in [6.45, 7) is 0. The van der Waals surface area contributed by atoms with E-state index in [9.17, 15) is 0 Å². The monoisotopic (exact) mass is 2660 g/mol. The third-order valence-corrected chi connectivity index (χ3v) is 26.5. The SMILES string of the molecule is Cn1c2ccc(Br)cc2c2cc(Br)ccc21.Cn1c2ccc(I)cc2c2cc(I)ccc21.[2H]c1c(Br)c([2H])c2c3c([2H])c(Br)c([2H])c([2H])c3n(C)c2c1[2H].[2H]c1cc2c(c([2H])c1Br)c1c([2H])c(Br)c([2H])cc1n2C.[2H]c1cc2c(c([2H])c1I)c1c([2H])c(I)c([2H])cc1n2C.[2H]c1cc2c(cc1Br)c1cc(Br)c([2H])cc1n2C.[2H]c1cc2c(cc1I)c1cc(I)c([2H])cc1n2C. The summed E-state index contributed by atoms with van der Waals surface area (Å²) in [5, 5.41) is 13.1. The lowest BCUT2D eigenvalue weighted by Crippen LogP contribution is -1.85. The van der Waals surface area contributed by atoms with E-state index in [1.54, 1.807) is 31.3 Å². The molecule has 0 aliphatic heterocycles. The van der Waals surface area contributed by atoms with Crippen LogP contribution in [0.5, 0.6) is 0 Å². The molecule has 0 radical (unpaired) electrons. The summed E-state index contributed by atoms with van der Waals surface area (Å²) in [6, 6.07) is 52.2. The molecule has 0 atom stereocenters. The van der Waals surface area contributed by atoms with Gasteiger partial charge in [-0.15, -0.1) is 0 Å². The van der Waals surface area contributed by atoms with Crippen LogP contribution < -0.4 is 0 Å². The molecule has 0 saturated heterocycles. The fraction of sp³-hybridized carbons (Fsp3) is 0.0769. The number of hydrogen-bond donors (Lipinski definition) is 0. The summed E-state index contributed by atoms with van der Waals surface area (Å²) in [5.74, 6) is 0. The topological polar surface area (TPSA) is 34.5 Å². The van der Waals surface area contributed by atoms with Crippen LogP contribution in [0.4, 0.5) is 0 Å². The Labute approximate surface area is 822 Å². The molecule has 0 aliphatic carbocycles. The molecule has 0 spiro atoms. The molecule has 0 amide bonds. The van der Waals surface area contributed by atoms with Crippen molar-refractivity contribution < 1.29 is 24.7 Å². The zero-order valence-electron chi connectivity index (χ0n) is 77.3. The van der Waals surface area contributed by atoms with Crippen molar-refractivity contribution in [3.63, 3.8) is 0 Å². The Kier molecular flexibility index (Phi) is 19.7. The molecule has 21 heteroatoms. The van der Waals surface area contributed by atoms with E-state index in [0.717, 1.165) is 90.7 Å². The van der Waals surface area contributed by atoms with Crippen LogP contribution in [0.3, 0.4) is 0 Å². The lowest BCUT2D eigenvalue weighted by Gasteiger charge is -1.97. The first kappa shape index (κ1) is 63.0. The smallest absolute Gasteiger partial charge is 0.0645 e. The number of aromatic nitrogens is 7. The number of fused-ring (bicyclic) bond motifs is 21. The first-order chi connectivity index (χ1) is 61.2. The predicted molar refractivity (Wildman–Crippen MR) is 561 cm³/mol. The van der Waals surface area contributed by atoms with Crippen LogP contribution in [-0.2, 0) is 49.3 Å². The maximum absolute atomic E-state index is 8.27. The molecule has 7 aromatic heterocycles. The summed E-state index contributed by atoms with van der Waals surface area (Å²) >= 11 is 39.8. The lowest BCUT2D eigenvalue weighted by atomic mass is 10.2. The Morgan fingerprint density at radius 2 is 0.384 bits per heavy atom. The minimum atomic E-state index is -0.105. The first-order valence-corrected chi connectivity index (χ1v) is 46.4. The van der Waals surface area contributed by atoms with E-state index in [4.69, 9.17) is 24.7 Å². The highest BCUT2D eigenvalue weighted by molar-refractivity contribution is 14.1. The molecule has 0 aliphatic rings. The summed E-state index contributed by atoms with van der Waals surface area (Å²) in [5.41, 5.74) is 12.9. The predicted octanol–water partition coefficient (Wildman–Crippen LogP) is 33.0. The van der Waals surface area contributed by atoms with Gasteiger partial charge in [0.2, 0.25) is 0 Å². The second-order valence-corrected chi connectivity index (χ2v) is 39.3. The molecule has 7 heterocycles. The van der Waals surface area contributed by atoms with Crippen molar-refractivity contribution in [1.29, 1.82) is 0 Å². The van der Waals surface area contributed by atoms with Crippen molar-refractivity contribution >= 4 is 416 Å². The molecule has 0 fully saturated rings. The second kappa shape index (κ2) is 35.1. The van der Waals surface area contributed by atoms with Gasteiger partial charge in [-0.25, -0.2) is 0 Å². The van der Waals surface area contributed by atoms with E-state index in [0.29, 0.717) is 108 Å². The Hall–Kier alpha value is -4.10. The standard InChI is InChI=1S/4C13H9Br2N.3C13H9I2N/c7*1-16-12-4-2-8(14)6-10(12)11-7-9(15)3-5-13(11)16/h7*2-7H,1H3/i2D,3D,4D,5D,6D,7D;2D,3D,6D,7D;2D,3D;;2D,3D,6D,7D;2D,3D;. The van der Waals surface area contributed by atoms with Crippen molar-refractivity contribution in [2.45, 2.75) is 0 Å². The van der Waals surface area contributed by atoms with E-state index < -0.39 is 0 Å². The Morgan fingerprint density at radius 3 is 0.705 bits per heavy atom. The molecule has 560 valence electrons. The van der Waals surface area contributed by atoms with Crippen LogP contribution >= 0.6 is 263 Å². The van der Waals surface area contributed by atoms with Gasteiger partial charge < -0.3 is 32.0 Å². The fourth-order valence-corrected chi connectivity index (χ4v) is 19.2. The van der Waals surface area contributed by atoms with Gasteiger partial charge in [-0.05, 0) is 390 Å². The highest BCUT2D eigenvalue weighted by atomic mass is 127. The average molecular weight is 2670 g/mol. The Balaban J connectivity index is 0.000000117.